The van der Waals surface area contributed by atoms with E-state index in [1.165, 1.54) is 6.07 Å². The third kappa shape index (κ3) is 2.59. The van der Waals surface area contributed by atoms with Crippen LogP contribution in [0.25, 0.3) is 10.8 Å². The van der Waals surface area contributed by atoms with Crippen LogP contribution >= 0.6 is 0 Å². The van der Waals surface area contributed by atoms with Crippen LogP contribution in [0.2, 0.25) is 0 Å². The Morgan fingerprint density at radius 1 is 1.05 bits per heavy atom. The summed E-state index contributed by atoms with van der Waals surface area (Å²) in [5.74, 6) is -1.30. The summed E-state index contributed by atoms with van der Waals surface area (Å²) in [6, 6.07) is 14.3. The van der Waals surface area contributed by atoms with Crippen LogP contribution in [0, 0.1) is 0 Å². The molecule has 3 N–H and O–H groups in total. The molecule has 6 heteroatoms. The number of carbonyl (C=O) groups excluding carboxylic acids is 1. The average Bonchev–Trinajstić information content (AvgIpc) is 2.95. The molecular formula is C15H11N3O3. The fraction of sp³-hybridized carbons (Fsp3) is 0. The van der Waals surface area contributed by atoms with Gasteiger partial charge in [-0.05, 0) is 22.9 Å². The highest BCUT2D eigenvalue weighted by Gasteiger charge is 2.11. The SMILES string of the molecule is O=C(Nc1cc(C(=O)O)[nH]n1)c1ccc2ccccc2c1. The summed E-state index contributed by atoms with van der Waals surface area (Å²) >= 11 is 0. The summed E-state index contributed by atoms with van der Waals surface area (Å²) in [5.41, 5.74) is 0.400. The first-order valence-electron chi connectivity index (χ1n) is 6.22. The molecule has 0 atom stereocenters. The number of carbonyl (C=O) groups is 2. The first-order chi connectivity index (χ1) is 10.1. The Labute approximate surface area is 119 Å². The zero-order valence-electron chi connectivity index (χ0n) is 10.8. The second-order valence-corrected chi connectivity index (χ2v) is 4.49. The number of nitrogens with one attached hydrogen (secondary N) is 2. The summed E-state index contributed by atoms with van der Waals surface area (Å²) in [4.78, 5) is 22.9. The maximum Gasteiger partial charge on any atom is 0.353 e. The summed E-state index contributed by atoms with van der Waals surface area (Å²) in [7, 11) is 0. The molecule has 3 rings (SSSR count). The number of H-pyrrole nitrogens is 1. The van der Waals surface area contributed by atoms with Crippen molar-refractivity contribution in [2.45, 2.75) is 0 Å². The highest BCUT2D eigenvalue weighted by atomic mass is 16.4. The number of aromatic nitrogens is 2. The predicted molar refractivity (Wildman–Crippen MR) is 77.4 cm³/mol. The van der Waals surface area contributed by atoms with Gasteiger partial charge in [0.2, 0.25) is 0 Å². The van der Waals surface area contributed by atoms with Crippen molar-refractivity contribution in [3.05, 3.63) is 59.8 Å². The largest absolute Gasteiger partial charge is 0.477 e. The van der Waals surface area contributed by atoms with Crippen LogP contribution in [0.4, 0.5) is 5.82 Å². The third-order valence-electron chi connectivity index (χ3n) is 3.06. The van der Waals surface area contributed by atoms with E-state index >= 15 is 0 Å². The lowest BCUT2D eigenvalue weighted by Crippen LogP contribution is -2.12. The van der Waals surface area contributed by atoms with Gasteiger partial charge in [0.15, 0.2) is 5.82 Å². The van der Waals surface area contributed by atoms with E-state index in [4.69, 9.17) is 5.11 Å². The van der Waals surface area contributed by atoms with Crippen LogP contribution < -0.4 is 5.32 Å². The monoisotopic (exact) mass is 281 g/mol. The van der Waals surface area contributed by atoms with Crippen molar-refractivity contribution < 1.29 is 14.7 Å². The van der Waals surface area contributed by atoms with Crippen molar-refractivity contribution in [3.63, 3.8) is 0 Å². The standard InChI is InChI=1S/C15H11N3O3/c19-14(16-13-8-12(15(20)21)17-18-13)11-6-5-9-3-1-2-4-10(9)7-11/h1-8H,(H,20,21)(H2,16,17,18,19). The van der Waals surface area contributed by atoms with E-state index in [9.17, 15) is 9.59 Å². The minimum Gasteiger partial charge on any atom is -0.477 e. The molecule has 0 fully saturated rings. The Bertz CT molecular complexity index is 839. The fourth-order valence-corrected chi connectivity index (χ4v) is 2.01. The minimum atomic E-state index is -1.13. The van der Waals surface area contributed by atoms with Crippen molar-refractivity contribution in [2.75, 3.05) is 5.32 Å². The van der Waals surface area contributed by atoms with E-state index < -0.39 is 5.97 Å². The number of hydrogen-bond donors (Lipinski definition) is 3. The van der Waals surface area contributed by atoms with E-state index in [2.05, 4.69) is 15.5 Å². The molecule has 2 aromatic carbocycles. The van der Waals surface area contributed by atoms with Gasteiger partial charge in [-0.1, -0.05) is 30.3 Å². The molecular weight excluding hydrogens is 270 g/mol. The molecule has 0 saturated carbocycles. The third-order valence-corrected chi connectivity index (χ3v) is 3.06. The van der Waals surface area contributed by atoms with E-state index in [0.29, 0.717) is 5.56 Å². The maximum atomic E-state index is 12.1. The van der Waals surface area contributed by atoms with E-state index in [1.54, 1.807) is 12.1 Å². The first kappa shape index (κ1) is 12.9. The van der Waals surface area contributed by atoms with Gasteiger partial charge in [-0.2, -0.15) is 5.10 Å². The van der Waals surface area contributed by atoms with Crippen LogP contribution in [0.3, 0.4) is 0 Å². The number of aromatic amines is 1. The number of anilines is 1. The molecule has 0 aliphatic heterocycles. The topological polar surface area (TPSA) is 95.1 Å². The highest BCUT2D eigenvalue weighted by Crippen LogP contribution is 2.16. The quantitative estimate of drug-likeness (QED) is 0.687. The molecule has 0 spiro atoms. The number of aromatic carboxylic acids is 1. The van der Waals surface area contributed by atoms with E-state index in [1.807, 2.05) is 30.3 Å². The van der Waals surface area contributed by atoms with Gasteiger partial charge in [-0.15, -0.1) is 0 Å². The number of benzene rings is 2. The van der Waals surface area contributed by atoms with Crippen molar-refractivity contribution in [2.24, 2.45) is 0 Å². The number of fused-ring (bicyclic) bond motifs is 1. The van der Waals surface area contributed by atoms with Gasteiger partial charge in [0.25, 0.3) is 5.91 Å². The summed E-state index contributed by atoms with van der Waals surface area (Å²) < 4.78 is 0. The van der Waals surface area contributed by atoms with Gasteiger partial charge in [-0.25, -0.2) is 4.79 Å². The van der Waals surface area contributed by atoms with E-state index in [-0.39, 0.29) is 17.4 Å². The molecule has 0 unspecified atom stereocenters. The summed E-state index contributed by atoms with van der Waals surface area (Å²) in [6.45, 7) is 0. The van der Waals surface area contributed by atoms with Gasteiger partial charge >= 0.3 is 5.97 Å². The average molecular weight is 281 g/mol. The Hall–Kier alpha value is -3.15. The molecule has 0 bridgehead atoms. The smallest absolute Gasteiger partial charge is 0.353 e. The van der Waals surface area contributed by atoms with Crippen molar-refractivity contribution in [1.29, 1.82) is 0 Å². The highest BCUT2D eigenvalue weighted by molar-refractivity contribution is 6.06. The van der Waals surface area contributed by atoms with Gasteiger partial charge in [0.05, 0.1) is 0 Å². The Morgan fingerprint density at radius 2 is 1.81 bits per heavy atom. The lowest BCUT2D eigenvalue weighted by atomic mass is 10.1. The van der Waals surface area contributed by atoms with Crippen LogP contribution in [0.5, 0.6) is 0 Å². The van der Waals surface area contributed by atoms with Gasteiger partial charge < -0.3 is 10.4 Å². The van der Waals surface area contributed by atoms with Gasteiger partial charge in [-0.3, -0.25) is 9.89 Å². The van der Waals surface area contributed by atoms with Crippen molar-refractivity contribution >= 4 is 28.5 Å². The predicted octanol–water partition coefficient (Wildman–Crippen LogP) is 2.51. The first-order valence-corrected chi connectivity index (χ1v) is 6.22. The Kier molecular flexibility index (Phi) is 3.12. The Morgan fingerprint density at radius 3 is 2.52 bits per heavy atom. The molecule has 1 aromatic heterocycles. The fourth-order valence-electron chi connectivity index (χ4n) is 2.01. The second-order valence-electron chi connectivity index (χ2n) is 4.49. The van der Waals surface area contributed by atoms with Crippen LogP contribution in [0.1, 0.15) is 20.8 Å². The normalized spacial score (nSPS) is 10.5. The van der Waals surface area contributed by atoms with Gasteiger partial charge in [0.1, 0.15) is 5.69 Å². The molecule has 21 heavy (non-hydrogen) atoms. The Balaban J connectivity index is 1.84. The van der Waals surface area contributed by atoms with Crippen molar-refractivity contribution in [3.8, 4) is 0 Å². The number of carboxylic acid groups (broad SMARTS) is 1. The number of carboxylic acids is 1. The molecule has 1 amide bonds. The lowest BCUT2D eigenvalue weighted by molar-refractivity contribution is 0.0690. The van der Waals surface area contributed by atoms with Crippen LogP contribution in [-0.4, -0.2) is 27.2 Å². The van der Waals surface area contributed by atoms with Crippen LogP contribution in [0.15, 0.2) is 48.5 Å². The maximum absolute atomic E-state index is 12.1. The molecule has 0 saturated heterocycles. The molecule has 0 radical (unpaired) electrons. The molecule has 104 valence electrons. The second kappa shape index (κ2) is 5.09. The molecule has 0 aliphatic rings. The van der Waals surface area contributed by atoms with Crippen LogP contribution in [-0.2, 0) is 0 Å². The van der Waals surface area contributed by atoms with Gasteiger partial charge in [0, 0.05) is 11.6 Å². The molecule has 1 heterocycles. The number of nitrogens with zero attached hydrogens (tertiary/aromatic N) is 1. The zero-order chi connectivity index (χ0) is 14.8. The zero-order valence-corrected chi connectivity index (χ0v) is 10.8. The molecule has 0 aliphatic carbocycles. The van der Waals surface area contributed by atoms with E-state index in [0.717, 1.165) is 10.8 Å². The van der Waals surface area contributed by atoms with Crippen molar-refractivity contribution in [1.82, 2.24) is 10.2 Å². The number of amides is 1. The minimum absolute atomic E-state index is 0.0798. The number of rotatable bonds is 3. The molecule has 6 nitrogen and oxygen atoms in total. The number of hydrogen-bond acceptors (Lipinski definition) is 3. The lowest BCUT2D eigenvalue weighted by Gasteiger charge is -2.03. The summed E-state index contributed by atoms with van der Waals surface area (Å²) in [5, 5.41) is 19.4. The summed E-state index contributed by atoms with van der Waals surface area (Å²) in [6.07, 6.45) is 0. The molecule has 3 aromatic rings.